The first-order valence-electron chi connectivity index (χ1n) is 8.56. The number of hydrogen-bond acceptors (Lipinski definition) is 6. The van der Waals surface area contributed by atoms with E-state index in [9.17, 15) is 5.11 Å². The molecule has 6 nitrogen and oxygen atoms in total. The fraction of sp³-hybridized carbons (Fsp3) is 0.400. The van der Waals surface area contributed by atoms with Crippen molar-refractivity contribution >= 4 is 0 Å². The smallest absolute Gasteiger partial charge is 0.203 e. The minimum Gasteiger partial charge on any atom is -0.493 e. The number of benzene rings is 2. The minimum atomic E-state index is -0.641. The highest BCUT2D eigenvalue weighted by Crippen LogP contribution is 2.38. The number of ether oxygens (including phenoxy) is 3. The first-order valence-corrected chi connectivity index (χ1v) is 8.56. The average Bonchev–Trinajstić information content (AvgIpc) is 2.67. The summed E-state index contributed by atoms with van der Waals surface area (Å²) in [5.41, 5.74) is 8.19. The molecule has 0 saturated carbocycles. The predicted octanol–water partition coefficient (Wildman–Crippen LogP) is 1.73. The summed E-state index contributed by atoms with van der Waals surface area (Å²) in [5.74, 6) is 1.76. The van der Waals surface area contributed by atoms with Gasteiger partial charge in [0.05, 0.1) is 27.4 Å². The summed E-state index contributed by atoms with van der Waals surface area (Å²) in [6, 6.07) is 13.4. The predicted molar refractivity (Wildman–Crippen MR) is 102 cm³/mol. The maximum Gasteiger partial charge on any atom is 0.203 e. The molecule has 2 aromatic rings. The monoisotopic (exact) mass is 360 g/mol. The van der Waals surface area contributed by atoms with Crippen LogP contribution in [0.1, 0.15) is 11.1 Å². The minimum absolute atomic E-state index is 0.329. The number of methoxy groups -OCH3 is 3. The highest BCUT2D eigenvalue weighted by atomic mass is 16.5. The highest BCUT2D eigenvalue weighted by molar-refractivity contribution is 5.53. The van der Waals surface area contributed by atoms with Gasteiger partial charge in [-0.1, -0.05) is 30.3 Å². The van der Waals surface area contributed by atoms with Crippen molar-refractivity contribution in [1.29, 1.82) is 0 Å². The summed E-state index contributed by atoms with van der Waals surface area (Å²) in [6.07, 6.45) is -0.00863. The number of hydrogen-bond donors (Lipinski definition) is 3. The second-order valence-electron chi connectivity index (χ2n) is 6.09. The fourth-order valence-corrected chi connectivity index (χ4v) is 2.78. The maximum atomic E-state index is 10.3. The molecule has 2 rings (SSSR count). The van der Waals surface area contributed by atoms with Gasteiger partial charge in [-0.2, -0.15) is 0 Å². The zero-order valence-electron chi connectivity index (χ0n) is 15.6. The molecule has 0 spiro atoms. The summed E-state index contributed by atoms with van der Waals surface area (Å²) in [4.78, 5) is 0. The van der Waals surface area contributed by atoms with E-state index >= 15 is 0 Å². The molecule has 0 aliphatic carbocycles. The van der Waals surface area contributed by atoms with Gasteiger partial charge in [0.25, 0.3) is 0 Å². The molecule has 0 aromatic heterocycles. The summed E-state index contributed by atoms with van der Waals surface area (Å²) in [6.45, 7) is 0.941. The summed E-state index contributed by atoms with van der Waals surface area (Å²) in [5, 5.41) is 13.5. The van der Waals surface area contributed by atoms with E-state index in [2.05, 4.69) is 5.32 Å². The van der Waals surface area contributed by atoms with Crippen LogP contribution in [0.25, 0.3) is 0 Å². The van der Waals surface area contributed by atoms with Crippen LogP contribution in [0.4, 0.5) is 0 Å². The molecule has 2 aromatic carbocycles. The van der Waals surface area contributed by atoms with E-state index in [0.29, 0.717) is 36.8 Å². The Morgan fingerprint density at radius 1 is 0.962 bits per heavy atom. The maximum absolute atomic E-state index is 10.3. The zero-order valence-corrected chi connectivity index (χ0v) is 15.6. The van der Waals surface area contributed by atoms with E-state index in [-0.39, 0.29) is 6.04 Å². The van der Waals surface area contributed by atoms with Gasteiger partial charge in [0.15, 0.2) is 11.5 Å². The van der Waals surface area contributed by atoms with Crippen molar-refractivity contribution in [3.8, 4) is 17.2 Å². The molecule has 0 aliphatic rings. The Bertz CT molecular complexity index is 654. The lowest BCUT2D eigenvalue weighted by atomic mass is 10.0. The normalized spacial score (nSPS) is 13.1. The molecule has 0 saturated heterocycles. The molecule has 0 amide bonds. The quantitative estimate of drug-likeness (QED) is 0.598. The van der Waals surface area contributed by atoms with Gasteiger partial charge in [-0.3, -0.25) is 0 Å². The van der Waals surface area contributed by atoms with Crippen molar-refractivity contribution in [2.75, 3.05) is 27.9 Å². The molecule has 26 heavy (non-hydrogen) atoms. The van der Waals surface area contributed by atoms with E-state index in [1.807, 2.05) is 42.5 Å². The fourth-order valence-electron chi connectivity index (χ4n) is 2.78. The molecule has 4 N–H and O–H groups in total. The molecule has 0 radical (unpaired) electrons. The van der Waals surface area contributed by atoms with Crippen molar-refractivity contribution in [3.05, 3.63) is 53.6 Å². The number of nitrogens with two attached hydrogens (primary N) is 1. The molecule has 0 heterocycles. The molecule has 0 bridgehead atoms. The van der Waals surface area contributed by atoms with Crippen LogP contribution in [-0.2, 0) is 13.0 Å². The third kappa shape index (κ3) is 5.36. The van der Waals surface area contributed by atoms with Crippen LogP contribution >= 0.6 is 0 Å². The SMILES string of the molecule is COc1cc(CNC[C@@H](O)[C@@H](N)Cc2ccccc2)cc(OC)c1OC. The molecule has 0 fully saturated rings. The van der Waals surface area contributed by atoms with Crippen LogP contribution in [0.2, 0.25) is 0 Å². The standard InChI is InChI=1S/C20H28N2O4/c1-24-18-10-15(11-19(25-2)20(18)26-3)12-22-13-17(23)16(21)9-14-7-5-4-6-8-14/h4-8,10-11,16-17,22-23H,9,12-13,21H2,1-3H3/t16-,17+/m0/s1. The van der Waals surface area contributed by atoms with Gasteiger partial charge in [-0.25, -0.2) is 0 Å². The topological polar surface area (TPSA) is 86.0 Å². The van der Waals surface area contributed by atoms with Crippen molar-refractivity contribution < 1.29 is 19.3 Å². The lowest BCUT2D eigenvalue weighted by Gasteiger charge is -2.20. The second-order valence-corrected chi connectivity index (χ2v) is 6.09. The van der Waals surface area contributed by atoms with Crippen molar-refractivity contribution in [3.63, 3.8) is 0 Å². The van der Waals surface area contributed by atoms with Gasteiger partial charge in [0.2, 0.25) is 5.75 Å². The Labute approximate surface area is 154 Å². The third-order valence-corrected chi connectivity index (χ3v) is 4.22. The van der Waals surface area contributed by atoms with E-state index in [4.69, 9.17) is 19.9 Å². The molecule has 6 heteroatoms. The third-order valence-electron chi connectivity index (χ3n) is 4.22. The first-order chi connectivity index (χ1) is 12.6. The summed E-state index contributed by atoms with van der Waals surface area (Å²) >= 11 is 0. The van der Waals surface area contributed by atoms with E-state index in [1.54, 1.807) is 21.3 Å². The average molecular weight is 360 g/mol. The van der Waals surface area contributed by atoms with Crippen molar-refractivity contribution in [2.24, 2.45) is 5.73 Å². The number of aliphatic hydroxyl groups is 1. The highest BCUT2D eigenvalue weighted by Gasteiger charge is 2.16. The van der Waals surface area contributed by atoms with E-state index < -0.39 is 6.10 Å². The summed E-state index contributed by atoms with van der Waals surface area (Å²) < 4.78 is 16.0. The van der Waals surface area contributed by atoms with Gasteiger partial charge >= 0.3 is 0 Å². The van der Waals surface area contributed by atoms with Crippen molar-refractivity contribution in [1.82, 2.24) is 5.32 Å². The second kappa shape index (κ2) is 10.0. The van der Waals surface area contributed by atoms with Crippen LogP contribution in [0, 0.1) is 0 Å². The van der Waals surface area contributed by atoms with Crippen LogP contribution in [0.15, 0.2) is 42.5 Å². The van der Waals surface area contributed by atoms with Gasteiger partial charge in [-0.15, -0.1) is 0 Å². The largest absolute Gasteiger partial charge is 0.493 e. The number of aliphatic hydroxyl groups excluding tert-OH is 1. The number of nitrogens with one attached hydrogen (secondary N) is 1. The van der Waals surface area contributed by atoms with E-state index in [0.717, 1.165) is 11.1 Å². The molecule has 0 aliphatic heterocycles. The Hall–Kier alpha value is -2.28. The first kappa shape index (κ1) is 20.0. The lowest BCUT2D eigenvalue weighted by Crippen LogP contribution is -2.42. The Kier molecular flexibility index (Phi) is 7.72. The van der Waals surface area contributed by atoms with Gasteiger partial charge in [0, 0.05) is 19.1 Å². The van der Waals surface area contributed by atoms with Crippen LogP contribution < -0.4 is 25.3 Å². The van der Waals surface area contributed by atoms with Gasteiger partial charge < -0.3 is 30.4 Å². The van der Waals surface area contributed by atoms with Gasteiger partial charge in [0.1, 0.15) is 0 Å². The van der Waals surface area contributed by atoms with Gasteiger partial charge in [-0.05, 0) is 29.7 Å². The van der Waals surface area contributed by atoms with E-state index in [1.165, 1.54) is 0 Å². The molecular weight excluding hydrogens is 332 g/mol. The Balaban J connectivity index is 1.90. The lowest BCUT2D eigenvalue weighted by molar-refractivity contribution is 0.141. The summed E-state index contributed by atoms with van der Waals surface area (Å²) in [7, 11) is 4.74. The van der Waals surface area contributed by atoms with Crippen LogP contribution in [0.5, 0.6) is 17.2 Å². The molecule has 2 atom stereocenters. The van der Waals surface area contributed by atoms with Crippen molar-refractivity contribution in [2.45, 2.75) is 25.1 Å². The molecule has 0 unspecified atom stereocenters. The molecular formula is C20H28N2O4. The molecule has 142 valence electrons. The zero-order chi connectivity index (χ0) is 18.9. The van der Waals surface area contributed by atoms with Crippen LogP contribution in [-0.4, -0.2) is 45.1 Å². The van der Waals surface area contributed by atoms with Crippen LogP contribution in [0.3, 0.4) is 0 Å². The Morgan fingerprint density at radius 3 is 2.12 bits per heavy atom. The Morgan fingerprint density at radius 2 is 1.58 bits per heavy atom. The number of rotatable bonds is 10.